The number of benzene rings is 1. The molecule has 0 spiro atoms. The van der Waals surface area contributed by atoms with Crippen molar-refractivity contribution in [3.8, 4) is 0 Å². The van der Waals surface area contributed by atoms with Gasteiger partial charge >= 0.3 is 11.9 Å². The quantitative estimate of drug-likeness (QED) is 0.390. The number of hydrogen-bond donors (Lipinski definition) is 3. The van der Waals surface area contributed by atoms with E-state index in [0.29, 0.717) is 5.69 Å². The van der Waals surface area contributed by atoms with E-state index in [2.05, 4.69) is 73.1 Å². The molecule has 0 radical (unpaired) electrons. The van der Waals surface area contributed by atoms with Gasteiger partial charge in [0.15, 0.2) is 0 Å². The van der Waals surface area contributed by atoms with Crippen LogP contribution in [0.3, 0.4) is 0 Å². The van der Waals surface area contributed by atoms with E-state index in [9.17, 15) is 19.5 Å². The van der Waals surface area contributed by atoms with Crippen LogP contribution >= 0.6 is 67.8 Å². The number of amides is 1. The van der Waals surface area contributed by atoms with Gasteiger partial charge in [0.05, 0.1) is 11.6 Å². The molecule has 0 aliphatic rings. The van der Waals surface area contributed by atoms with Crippen LogP contribution in [-0.4, -0.2) is 28.1 Å². The third kappa shape index (κ3) is 6.32. The highest BCUT2D eigenvalue weighted by Gasteiger charge is 2.23. The highest BCUT2D eigenvalue weighted by molar-refractivity contribution is 14.1. The Morgan fingerprint density at radius 1 is 1.17 bits per heavy atom. The van der Waals surface area contributed by atoms with E-state index in [1.165, 1.54) is 6.92 Å². The zero-order valence-electron chi connectivity index (χ0n) is 12.0. The van der Waals surface area contributed by atoms with E-state index in [4.69, 9.17) is 5.11 Å². The van der Waals surface area contributed by atoms with Gasteiger partial charge in [0, 0.05) is 24.1 Å². The van der Waals surface area contributed by atoms with Crippen molar-refractivity contribution in [2.24, 2.45) is 5.92 Å². The minimum absolute atomic E-state index is 0.0677. The maximum Gasteiger partial charge on any atom is 0.306 e. The van der Waals surface area contributed by atoms with Gasteiger partial charge in [0.1, 0.15) is 0 Å². The summed E-state index contributed by atoms with van der Waals surface area (Å²) in [5.74, 6) is -3.01. The van der Waals surface area contributed by atoms with Gasteiger partial charge < -0.3 is 15.5 Å². The van der Waals surface area contributed by atoms with Gasteiger partial charge in [-0.25, -0.2) is 0 Å². The lowest BCUT2D eigenvalue weighted by atomic mass is 9.94. The second-order valence-corrected chi connectivity index (χ2v) is 8.26. The van der Waals surface area contributed by atoms with Crippen molar-refractivity contribution in [1.82, 2.24) is 0 Å². The average Bonchev–Trinajstić information content (AvgIpc) is 2.41. The summed E-state index contributed by atoms with van der Waals surface area (Å²) in [6.45, 7) is 1.41. The van der Waals surface area contributed by atoms with Crippen molar-refractivity contribution in [2.75, 3.05) is 5.32 Å². The van der Waals surface area contributed by atoms with Crippen LogP contribution in [0.4, 0.5) is 5.69 Å². The topological polar surface area (TPSA) is 104 Å². The lowest BCUT2D eigenvalue weighted by Gasteiger charge is -2.18. The lowest BCUT2D eigenvalue weighted by Crippen LogP contribution is -2.20. The molecule has 0 aromatic heterocycles. The summed E-state index contributed by atoms with van der Waals surface area (Å²) in [7, 11) is 0. The Labute approximate surface area is 174 Å². The number of carbonyl (C=O) groups is 3. The minimum atomic E-state index is -1.02. The largest absolute Gasteiger partial charge is 0.481 e. The van der Waals surface area contributed by atoms with Crippen LogP contribution in [0.15, 0.2) is 6.07 Å². The second kappa shape index (κ2) is 9.34. The first kappa shape index (κ1) is 20.9. The fraction of sp³-hybridized carbons (Fsp3) is 0.357. The fourth-order valence-corrected chi connectivity index (χ4v) is 6.05. The number of nitrogens with one attached hydrogen (secondary N) is 1. The van der Waals surface area contributed by atoms with E-state index in [-0.39, 0.29) is 25.2 Å². The number of carboxylic acid groups (broad SMARTS) is 2. The Hall–Kier alpha value is -0.180. The third-order valence-corrected chi connectivity index (χ3v) is 6.08. The molecule has 1 amide bonds. The average molecular weight is 657 g/mol. The van der Waals surface area contributed by atoms with Crippen LogP contribution in [0, 0.1) is 16.6 Å². The van der Waals surface area contributed by atoms with Crippen LogP contribution < -0.4 is 5.32 Å². The molecule has 126 valence electrons. The molecule has 1 unspecified atom stereocenters. The maximum atomic E-state index is 11.4. The fourth-order valence-electron chi connectivity index (χ4n) is 1.97. The number of carbonyl (C=O) groups excluding carboxylic acids is 1. The molecule has 0 aliphatic carbocycles. The van der Waals surface area contributed by atoms with Crippen LogP contribution in [0.25, 0.3) is 0 Å². The first-order valence-electron chi connectivity index (χ1n) is 6.52. The summed E-state index contributed by atoms with van der Waals surface area (Å²) >= 11 is 6.34. The number of aliphatic carboxylic acids is 2. The molecule has 0 heterocycles. The van der Waals surface area contributed by atoms with Crippen molar-refractivity contribution < 1.29 is 24.6 Å². The van der Waals surface area contributed by atoms with E-state index < -0.39 is 17.9 Å². The molecule has 3 N–H and O–H groups in total. The molecule has 0 bridgehead atoms. The standard InChI is InChI=1S/C14H14I3NO5/c1-6(19)18-13-10(16)5-9(15)8(12(13)17)4-7(14(22)23)2-3-11(20)21/h5,7H,2-4H2,1H3,(H,18,19)(H,20,21)(H,22,23). The van der Waals surface area contributed by atoms with Crippen molar-refractivity contribution in [3.05, 3.63) is 22.3 Å². The van der Waals surface area contributed by atoms with Gasteiger partial charge in [-0.2, -0.15) is 0 Å². The summed E-state index contributed by atoms with van der Waals surface area (Å²) in [5, 5.41) is 20.8. The van der Waals surface area contributed by atoms with E-state index in [0.717, 1.165) is 16.3 Å². The molecular formula is C14H14I3NO5. The van der Waals surface area contributed by atoms with Crippen molar-refractivity contribution in [2.45, 2.75) is 26.2 Å². The number of hydrogen-bond acceptors (Lipinski definition) is 3. The predicted molar refractivity (Wildman–Crippen MR) is 111 cm³/mol. The summed E-state index contributed by atoms with van der Waals surface area (Å²) in [4.78, 5) is 33.4. The zero-order valence-corrected chi connectivity index (χ0v) is 18.5. The van der Waals surface area contributed by atoms with Crippen LogP contribution in [0.5, 0.6) is 0 Å². The van der Waals surface area contributed by atoms with E-state index in [1.807, 2.05) is 6.07 Å². The van der Waals surface area contributed by atoms with Crippen LogP contribution in [0.1, 0.15) is 25.3 Å². The van der Waals surface area contributed by atoms with E-state index in [1.54, 1.807) is 0 Å². The number of anilines is 1. The number of halogens is 3. The van der Waals surface area contributed by atoms with Gasteiger partial charge in [0.2, 0.25) is 5.91 Å². The number of rotatable bonds is 7. The van der Waals surface area contributed by atoms with Crippen molar-refractivity contribution >= 4 is 91.3 Å². The van der Waals surface area contributed by atoms with Crippen LogP contribution in [0.2, 0.25) is 0 Å². The second-order valence-electron chi connectivity index (χ2n) is 4.86. The molecule has 0 aliphatic heterocycles. The molecule has 1 aromatic carbocycles. The molecule has 9 heteroatoms. The molecule has 0 saturated carbocycles. The highest BCUT2D eigenvalue weighted by atomic mass is 127. The summed E-state index contributed by atoms with van der Waals surface area (Å²) in [5.41, 5.74) is 1.48. The zero-order chi connectivity index (χ0) is 17.7. The summed E-state index contributed by atoms with van der Waals surface area (Å²) < 4.78 is 2.55. The highest BCUT2D eigenvalue weighted by Crippen LogP contribution is 2.33. The van der Waals surface area contributed by atoms with Crippen LogP contribution in [-0.2, 0) is 20.8 Å². The van der Waals surface area contributed by atoms with E-state index >= 15 is 0 Å². The molecule has 1 rings (SSSR count). The molecule has 23 heavy (non-hydrogen) atoms. The predicted octanol–water partition coefficient (Wildman–Crippen LogP) is 3.57. The van der Waals surface area contributed by atoms with Gasteiger partial charge in [0.25, 0.3) is 0 Å². The summed E-state index contributed by atoms with van der Waals surface area (Å²) in [6, 6.07) is 1.87. The molecule has 1 atom stereocenters. The molecule has 0 fully saturated rings. The van der Waals surface area contributed by atoms with Crippen molar-refractivity contribution in [3.63, 3.8) is 0 Å². The van der Waals surface area contributed by atoms with Gasteiger partial charge in [-0.3, -0.25) is 14.4 Å². The van der Waals surface area contributed by atoms with Gasteiger partial charge in [-0.15, -0.1) is 0 Å². The van der Waals surface area contributed by atoms with Crippen molar-refractivity contribution in [1.29, 1.82) is 0 Å². The smallest absolute Gasteiger partial charge is 0.306 e. The number of carboxylic acids is 2. The van der Waals surface area contributed by atoms with Gasteiger partial charge in [-0.1, -0.05) is 0 Å². The lowest BCUT2D eigenvalue weighted by molar-refractivity contribution is -0.142. The van der Waals surface area contributed by atoms with Gasteiger partial charge in [-0.05, 0) is 92.2 Å². The summed E-state index contributed by atoms with van der Waals surface area (Å²) in [6.07, 6.45) is 0.105. The Kier molecular flexibility index (Phi) is 8.47. The Bertz CT molecular complexity index is 648. The molecule has 6 nitrogen and oxygen atoms in total. The SMILES string of the molecule is CC(=O)Nc1c(I)cc(I)c(CC(CCC(=O)O)C(=O)O)c1I. The molecule has 1 aromatic rings. The monoisotopic (exact) mass is 657 g/mol. The Morgan fingerprint density at radius 2 is 1.78 bits per heavy atom. The first-order valence-corrected chi connectivity index (χ1v) is 9.75. The normalized spacial score (nSPS) is 11.8. The Morgan fingerprint density at radius 3 is 2.26 bits per heavy atom. The maximum absolute atomic E-state index is 11.4. The minimum Gasteiger partial charge on any atom is -0.481 e. The third-order valence-electron chi connectivity index (χ3n) is 3.07. The Balaban J connectivity index is 3.17. The molecule has 0 saturated heterocycles. The molecular weight excluding hydrogens is 643 g/mol. The first-order chi connectivity index (χ1) is 10.6.